The van der Waals surface area contributed by atoms with E-state index in [1.54, 1.807) is 18.3 Å². The van der Waals surface area contributed by atoms with E-state index in [1.165, 1.54) is 0 Å². The topological polar surface area (TPSA) is 26.1 Å². The largest absolute Gasteiger partial charge is 0.618 e. The van der Waals surface area contributed by atoms with Crippen molar-refractivity contribution >= 4 is 11.9 Å². The quantitative estimate of drug-likeness (QED) is 0.229. The van der Waals surface area contributed by atoms with Crippen molar-refractivity contribution in [3.63, 3.8) is 0 Å². The number of nitrogens with zero attached hydrogens (tertiary/aromatic N) is 1. The zero-order valence-electron chi connectivity index (χ0n) is 13.2. The molecule has 0 radical (unpaired) electrons. The van der Waals surface area contributed by atoms with E-state index >= 15 is 0 Å². The SMILES string of the molecule is [O-]/[N+](=C\c1ccccc1CC#Cc1ccccc1)c1ccccc1. The van der Waals surface area contributed by atoms with Gasteiger partial charge in [-0.3, -0.25) is 0 Å². The molecule has 0 aliphatic rings. The van der Waals surface area contributed by atoms with Crippen molar-refractivity contribution in [2.45, 2.75) is 6.42 Å². The van der Waals surface area contributed by atoms with Crippen LogP contribution < -0.4 is 0 Å². The Bertz CT molecular complexity index is 887. The third-order valence-electron chi connectivity index (χ3n) is 3.61. The molecule has 3 rings (SSSR count). The molecule has 0 heterocycles. The average molecular weight is 311 g/mol. The maximum atomic E-state index is 12.3. The van der Waals surface area contributed by atoms with E-state index < -0.39 is 0 Å². The molecule has 0 fully saturated rings. The molecule has 0 atom stereocenters. The van der Waals surface area contributed by atoms with Gasteiger partial charge in [-0.2, -0.15) is 4.74 Å². The predicted molar refractivity (Wildman–Crippen MR) is 98.4 cm³/mol. The molecule has 0 aromatic heterocycles. The molecule has 0 unspecified atom stereocenters. The van der Waals surface area contributed by atoms with E-state index in [0.29, 0.717) is 12.1 Å². The minimum absolute atomic E-state index is 0.601. The van der Waals surface area contributed by atoms with Crippen molar-refractivity contribution in [3.05, 3.63) is 107 Å². The second kappa shape index (κ2) is 7.80. The first-order chi connectivity index (χ1) is 11.8. The molecule has 3 aromatic carbocycles. The van der Waals surface area contributed by atoms with E-state index in [1.807, 2.05) is 72.8 Å². The zero-order chi connectivity index (χ0) is 16.6. The molecule has 0 spiro atoms. The molecule has 0 N–H and O–H groups in total. The lowest BCUT2D eigenvalue weighted by Crippen LogP contribution is -2.01. The molecule has 24 heavy (non-hydrogen) atoms. The van der Waals surface area contributed by atoms with Crippen LogP contribution in [0.2, 0.25) is 0 Å². The zero-order valence-corrected chi connectivity index (χ0v) is 13.2. The molecule has 2 heteroatoms. The smallest absolute Gasteiger partial charge is 0.216 e. The first-order valence-electron chi connectivity index (χ1n) is 7.81. The fourth-order valence-corrected chi connectivity index (χ4v) is 2.36. The number of hydrogen-bond donors (Lipinski definition) is 0. The number of rotatable bonds is 3. The molecular weight excluding hydrogens is 294 g/mol. The molecule has 3 aromatic rings. The van der Waals surface area contributed by atoms with Gasteiger partial charge in [-0.25, -0.2) is 0 Å². The highest BCUT2D eigenvalue weighted by atomic mass is 16.5. The Morgan fingerprint density at radius 3 is 2.17 bits per heavy atom. The van der Waals surface area contributed by atoms with E-state index in [-0.39, 0.29) is 0 Å². The Balaban J connectivity index is 1.82. The van der Waals surface area contributed by atoms with Crippen molar-refractivity contribution in [2.75, 3.05) is 0 Å². The van der Waals surface area contributed by atoms with Gasteiger partial charge in [-0.1, -0.05) is 66.4 Å². The Hall–Kier alpha value is -3.31. The third-order valence-corrected chi connectivity index (χ3v) is 3.61. The second-order valence-electron chi connectivity index (χ2n) is 5.33. The van der Waals surface area contributed by atoms with Crippen molar-refractivity contribution in [1.82, 2.24) is 0 Å². The third kappa shape index (κ3) is 4.12. The average Bonchev–Trinajstić information content (AvgIpc) is 2.65. The summed E-state index contributed by atoms with van der Waals surface area (Å²) in [6.45, 7) is 0. The van der Waals surface area contributed by atoms with E-state index in [9.17, 15) is 5.21 Å². The predicted octanol–water partition coefficient (Wildman–Crippen LogP) is 4.54. The van der Waals surface area contributed by atoms with Gasteiger partial charge in [0.2, 0.25) is 5.69 Å². The molecule has 0 saturated carbocycles. The van der Waals surface area contributed by atoms with Crippen molar-refractivity contribution in [1.29, 1.82) is 0 Å². The molecule has 0 bridgehead atoms. The van der Waals surface area contributed by atoms with Gasteiger partial charge in [0.1, 0.15) is 0 Å². The van der Waals surface area contributed by atoms with Crippen LogP contribution in [0.25, 0.3) is 0 Å². The van der Waals surface area contributed by atoms with Crippen LogP contribution in [0.3, 0.4) is 0 Å². The lowest BCUT2D eigenvalue weighted by atomic mass is 10.1. The number of benzene rings is 3. The Morgan fingerprint density at radius 2 is 1.42 bits per heavy atom. The van der Waals surface area contributed by atoms with Gasteiger partial charge in [-0.05, 0) is 23.8 Å². The summed E-state index contributed by atoms with van der Waals surface area (Å²) in [5.41, 5.74) is 3.53. The van der Waals surface area contributed by atoms with Crippen molar-refractivity contribution in [3.8, 4) is 11.8 Å². The Labute approximate surface area is 142 Å². The van der Waals surface area contributed by atoms with Gasteiger partial charge in [-0.15, -0.1) is 0 Å². The highest BCUT2D eigenvalue weighted by molar-refractivity contribution is 5.79. The van der Waals surface area contributed by atoms with E-state index in [4.69, 9.17) is 0 Å². The van der Waals surface area contributed by atoms with Gasteiger partial charge >= 0.3 is 0 Å². The Kier molecular flexibility index (Phi) is 5.07. The summed E-state index contributed by atoms with van der Waals surface area (Å²) < 4.78 is 0.892. The van der Waals surface area contributed by atoms with Gasteiger partial charge in [0.25, 0.3) is 0 Å². The van der Waals surface area contributed by atoms with Gasteiger partial charge in [0.05, 0.1) is 0 Å². The molecule has 0 saturated heterocycles. The maximum Gasteiger partial charge on any atom is 0.216 e. The van der Waals surface area contributed by atoms with Crippen LogP contribution in [-0.4, -0.2) is 11.0 Å². The van der Waals surface area contributed by atoms with Crippen LogP contribution in [0.5, 0.6) is 0 Å². The molecular formula is C22H17NO. The highest BCUT2D eigenvalue weighted by Gasteiger charge is 2.04. The normalized spacial score (nSPS) is 10.8. The standard InChI is InChI=1S/C22H17NO/c24-23(22-16-5-2-6-17-22)18-21-14-8-7-13-20(21)15-9-12-19-10-3-1-4-11-19/h1-8,10-11,13-14,16-18H,15H2/b23-18-. The minimum atomic E-state index is 0.601. The summed E-state index contributed by atoms with van der Waals surface area (Å²) in [4.78, 5) is 0. The first kappa shape index (κ1) is 15.6. The van der Waals surface area contributed by atoms with Crippen molar-refractivity contribution < 1.29 is 4.74 Å². The lowest BCUT2D eigenvalue weighted by Gasteiger charge is -2.05. The minimum Gasteiger partial charge on any atom is -0.618 e. The Morgan fingerprint density at radius 1 is 0.792 bits per heavy atom. The summed E-state index contributed by atoms with van der Waals surface area (Å²) in [5, 5.41) is 12.3. The van der Waals surface area contributed by atoms with Crippen LogP contribution >= 0.6 is 0 Å². The van der Waals surface area contributed by atoms with Crippen LogP contribution in [-0.2, 0) is 6.42 Å². The summed E-state index contributed by atoms with van der Waals surface area (Å²) in [6, 6.07) is 26.9. The van der Waals surface area contributed by atoms with Crippen LogP contribution in [0, 0.1) is 17.0 Å². The van der Waals surface area contributed by atoms with Gasteiger partial charge in [0, 0.05) is 29.7 Å². The second-order valence-corrected chi connectivity index (χ2v) is 5.33. The lowest BCUT2D eigenvalue weighted by molar-refractivity contribution is -0.354. The number of hydrogen-bond acceptors (Lipinski definition) is 1. The summed E-state index contributed by atoms with van der Waals surface area (Å²) in [5.74, 6) is 6.33. The van der Waals surface area contributed by atoms with Crippen molar-refractivity contribution in [2.24, 2.45) is 0 Å². The maximum absolute atomic E-state index is 12.3. The summed E-state index contributed by atoms with van der Waals surface area (Å²) >= 11 is 0. The molecule has 0 aliphatic carbocycles. The monoisotopic (exact) mass is 311 g/mol. The molecule has 116 valence electrons. The molecule has 0 aliphatic heterocycles. The fourth-order valence-electron chi connectivity index (χ4n) is 2.36. The van der Waals surface area contributed by atoms with Crippen LogP contribution in [0.4, 0.5) is 5.69 Å². The van der Waals surface area contributed by atoms with E-state index in [0.717, 1.165) is 21.4 Å². The van der Waals surface area contributed by atoms with Crippen LogP contribution in [0.1, 0.15) is 16.7 Å². The number of para-hydroxylation sites is 1. The van der Waals surface area contributed by atoms with Crippen LogP contribution in [0.15, 0.2) is 84.9 Å². The molecule has 2 nitrogen and oxygen atoms in total. The molecule has 0 amide bonds. The summed E-state index contributed by atoms with van der Waals surface area (Å²) in [6.07, 6.45) is 2.21. The van der Waals surface area contributed by atoms with Gasteiger partial charge < -0.3 is 5.21 Å². The fraction of sp³-hybridized carbons (Fsp3) is 0.0455. The van der Waals surface area contributed by atoms with Gasteiger partial charge in [0.15, 0.2) is 6.21 Å². The summed E-state index contributed by atoms with van der Waals surface area (Å²) in [7, 11) is 0. The highest BCUT2D eigenvalue weighted by Crippen LogP contribution is 2.12. The first-order valence-corrected chi connectivity index (χ1v) is 7.81. The van der Waals surface area contributed by atoms with E-state index in [2.05, 4.69) is 11.8 Å².